The average molecular weight is 299 g/mol. The molecule has 0 bridgehead atoms. The molecule has 0 saturated carbocycles. The predicted octanol–water partition coefficient (Wildman–Crippen LogP) is 3.96. The second kappa shape index (κ2) is 6.78. The fourth-order valence-corrected chi connectivity index (χ4v) is 3.19. The molecule has 1 atom stereocenters. The number of ether oxygens (including phenoxy) is 1. The number of benzene rings is 2. The van der Waals surface area contributed by atoms with Crippen molar-refractivity contribution in [3.63, 3.8) is 0 Å². The van der Waals surface area contributed by atoms with Crippen LogP contribution in [0.2, 0.25) is 0 Å². The lowest BCUT2D eigenvalue weighted by Crippen LogP contribution is -2.27. The van der Waals surface area contributed by atoms with Crippen molar-refractivity contribution in [1.82, 2.24) is 0 Å². The highest BCUT2D eigenvalue weighted by atomic mass is 32.2. The van der Waals surface area contributed by atoms with Gasteiger partial charge in [0.2, 0.25) is 0 Å². The molecule has 0 spiro atoms. The number of anilines is 1. The molecule has 1 amide bonds. The summed E-state index contributed by atoms with van der Waals surface area (Å²) < 4.78 is 5.43. The molecule has 1 N–H and O–H groups in total. The second-order valence-corrected chi connectivity index (χ2v) is 6.02. The van der Waals surface area contributed by atoms with E-state index in [4.69, 9.17) is 4.74 Å². The minimum Gasteiger partial charge on any atom is -0.368 e. The number of rotatable bonds is 4. The maximum absolute atomic E-state index is 12.2. The van der Waals surface area contributed by atoms with Crippen LogP contribution in [0.5, 0.6) is 0 Å². The van der Waals surface area contributed by atoms with Gasteiger partial charge < -0.3 is 10.1 Å². The lowest BCUT2D eigenvalue weighted by molar-refractivity contribution is -0.124. The van der Waals surface area contributed by atoms with Crippen LogP contribution < -0.4 is 5.32 Å². The van der Waals surface area contributed by atoms with Crippen molar-refractivity contribution in [2.45, 2.75) is 28.7 Å². The maximum Gasteiger partial charge on any atom is 0.253 e. The number of carbonyl (C=O) groups excluding carboxylic acids is 1. The molecule has 2 aromatic rings. The number of hydrogen-bond donors (Lipinski definition) is 1. The first-order valence-electron chi connectivity index (χ1n) is 7.07. The molecule has 3 nitrogen and oxygen atoms in total. The lowest BCUT2D eigenvalue weighted by atomic mass is 10.2. The molecule has 108 valence electrons. The van der Waals surface area contributed by atoms with Gasteiger partial charge in [-0.3, -0.25) is 4.79 Å². The van der Waals surface area contributed by atoms with Gasteiger partial charge in [-0.2, -0.15) is 0 Å². The first-order valence-corrected chi connectivity index (χ1v) is 7.89. The van der Waals surface area contributed by atoms with Gasteiger partial charge in [-0.1, -0.05) is 42.1 Å². The van der Waals surface area contributed by atoms with E-state index in [0.717, 1.165) is 28.3 Å². The number of hydrogen-bond acceptors (Lipinski definition) is 3. The number of para-hydroxylation sites is 1. The predicted molar refractivity (Wildman–Crippen MR) is 84.6 cm³/mol. The topological polar surface area (TPSA) is 38.3 Å². The molecule has 1 fully saturated rings. The molecule has 0 unspecified atom stereocenters. The van der Waals surface area contributed by atoms with E-state index in [1.807, 2.05) is 42.5 Å². The van der Waals surface area contributed by atoms with Gasteiger partial charge in [-0.25, -0.2) is 0 Å². The summed E-state index contributed by atoms with van der Waals surface area (Å²) >= 11 is 1.64. The van der Waals surface area contributed by atoms with Gasteiger partial charge in [0.25, 0.3) is 5.91 Å². The first kappa shape index (κ1) is 14.2. The van der Waals surface area contributed by atoms with E-state index in [9.17, 15) is 4.79 Å². The third-order valence-electron chi connectivity index (χ3n) is 3.34. The smallest absolute Gasteiger partial charge is 0.253 e. The van der Waals surface area contributed by atoms with Gasteiger partial charge in [0.1, 0.15) is 6.10 Å². The Kier molecular flexibility index (Phi) is 4.58. The van der Waals surface area contributed by atoms with Crippen molar-refractivity contribution >= 4 is 23.4 Å². The molecule has 3 rings (SSSR count). The van der Waals surface area contributed by atoms with Gasteiger partial charge >= 0.3 is 0 Å². The van der Waals surface area contributed by atoms with Crippen LogP contribution in [0.25, 0.3) is 0 Å². The monoisotopic (exact) mass is 299 g/mol. The summed E-state index contributed by atoms with van der Waals surface area (Å²) in [5.74, 6) is -0.0476. The molecular formula is C17H17NO2S. The molecule has 1 heterocycles. The van der Waals surface area contributed by atoms with E-state index >= 15 is 0 Å². The van der Waals surface area contributed by atoms with E-state index in [2.05, 4.69) is 17.4 Å². The Labute approximate surface area is 128 Å². The van der Waals surface area contributed by atoms with Crippen LogP contribution in [-0.2, 0) is 9.53 Å². The number of nitrogens with one attached hydrogen (secondary N) is 1. The van der Waals surface area contributed by atoms with Crippen LogP contribution in [0.1, 0.15) is 12.8 Å². The molecule has 1 saturated heterocycles. The van der Waals surface area contributed by atoms with Crippen LogP contribution in [-0.4, -0.2) is 18.6 Å². The fraction of sp³-hybridized carbons (Fsp3) is 0.235. The molecule has 0 radical (unpaired) electrons. The van der Waals surface area contributed by atoms with Crippen molar-refractivity contribution in [2.24, 2.45) is 0 Å². The Morgan fingerprint density at radius 2 is 1.86 bits per heavy atom. The molecule has 1 aliphatic rings. The standard InChI is InChI=1S/C17H17NO2S/c19-17(15-10-6-12-20-15)18-14-9-4-5-11-16(14)21-13-7-2-1-3-8-13/h1-5,7-9,11,15H,6,10,12H2,(H,18,19)/t15-/m0/s1. The summed E-state index contributed by atoms with van der Waals surface area (Å²) in [7, 11) is 0. The van der Waals surface area contributed by atoms with Crippen molar-refractivity contribution < 1.29 is 9.53 Å². The summed E-state index contributed by atoms with van der Waals surface area (Å²) in [4.78, 5) is 14.4. The number of amides is 1. The summed E-state index contributed by atoms with van der Waals surface area (Å²) in [6.07, 6.45) is 1.46. The van der Waals surface area contributed by atoms with E-state index in [-0.39, 0.29) is 12.0 Å². The Bertz CT molecular complexity index is 609. The van der Waals surface area contributed by atoms with E-state index in [0.29, 0.717) is 6.61 Å². The highest BCUT2D eigenvalue weighted by Crippen LogP contribution is 2.33. The van der Waals surface area contributed by atoms with Crippen molar-refractivity contribution in [3.8, 4) is 0 Å². The minimum absolute atomic E-state index is 0.0476. The zero-order valence-corrected chi connectivity index (χ0v) is 12.4. The molecule has 0 aromatic heterocycles. The normalized spacial score (nSPS) is 17.6. The van der Waals surface area contributed by atoms with E-state index < -0.39 is 0 Å². The maximum atomic E-state index is 12.2. The van der Waals surface area contributed by atoms with Gasteiger partial charge in [0, 0.05) is 16.4 Å². The van der Waals surface area contributed by atoms with Crippen molar-refractivity contribution in [1.29, 1.82) is 0 Å². The lowest BCUT2D eigenvalue weighted by Gasteiger charge is -2.13. The van der Waals surface area contributed by atoms with Crippen molar-refractivity contribution in [3.05, 3.63) is 54.6 Å². The highest BCUT2D eigenvalue weighted by Gasteiger charge is 2.24. The molecule has 21 heavy (non-hydrogen) atoms. The molecule has 2 aromatic carbocycles. The third kappa shape index (κ3) is 3.65. The molecule has 0 aliphatic carbocycles. The summed E-state index contributed by atoms with van der Waals surface area (Å²) in [5.41, 5.74) is 0.840. The summed E-state index contributed by atoms with van der Waals surface area (Å²) in [5, 5.41) is 2.99. The van der Waals surface area contributed by atoms with Gasteiger partial charge in [-0.15, -0.1) is 0 Å². The summed E-state index contributed by atoms with van der Waals surface area (Å²) in [6, 6.07) is 18.0. The largest absolute Gasteiger partial charge is 0.368 e. The summed E-state index contributed by atoms with van der Waals surface area (Å²) in [6.45, 7) is 0.679. The number of carbonyl (C=O) groups is 1. The van der Waals surface area contributed by atoms with E-state index in [1.165, 1.54) is 0 Å². The van der Waals surface area contributed by atoms with Crippen LogP contribution in [0.4, 0.5) is 5.69 Å². The second-order valence-electron chi connectivity index (χ2n) is 4.90. The Morgan fingerprint density at radius 3 is 2.62 bits per heavy atom. The third-order valence-corrected chi connectivity index (χ3v) is 4.42. The van der Waals surface area contributed by atoms with Crippen LogP contribution in [0.15, 0.2) is 64.4 Å². The Balaban J connectivity index is 1.74. The van der Waals surface area contributed by atoms with Gasteiger partial charge in [0.05, 0.1) is 5.69 Å². The van der Waals surface area contributed by atoms with Crippen LogP contribution in [0.3, 0.4) is 0 Å². The fourth-order valence-electron chi connectivity index (χ4n) is 2.27. The van der Waals surface area contributed by atoms with Gasteiger partial charge in [-0.05, 0) is 37.1 Å². The molecular weight excluding hydrogens is 282 g/mol. The van der Waals surface area contributed by atoms with E-state index in [1.54, 1.807) is 11.8 Å². The SMILES string of the molecule is O=C(Nc1ccccc1Sc1ccccc1)[C@@H]1CCCO1. The van der Waals surface area contributed by atoms with Crippen LogP contribution in [0, 0.1) is 0 Å². The molecule has 4 heteroatoms. The molecule has 1 aliphatic heterocycles. The zero-order chi connectivity index (χ0) is 14.5. The zero-order valence-electron chi connectivity index (χ0n) is 11.6. The average Bonchev–Trinajstić information content (AvgIpc) is 3.05. The Morgan fingerprint density at radius 1 is 1.10 bits per heavy atom. The Hall–Kier alpha value is -1.78. The first-order chi connectivity index (χ1) is 10.3. The highest BCUT2D eigenvalue weighted by molar-refractivity contribution is 7.99. The quantitative estimate of drug-likeness (QED) is 0.929. The van der Waals surface area contributed by atoms with Crippen molar-refractivity contribution in [2.75, 3.05) is 11.9 Å². The van der Waals surface area contributed by atoms with Gasteiger partial charge in [0.15, 0.2) is 0 Å². The minimum atomic E-state index is -0.306. The van der Waals surface area contributed by atoms with Crippen LogP contribution >= 0.6 is 11.8 Å².